The smallest absolute Gasteiger partial charge is 0.0727 e. The molecular weight excluding hydrogens is 1520 g/mol. The number of aryl methyl sites for hydroxylation is 8. The van der Waals surface area contributed by atoms with Gasteiger partial charge in [-0.2, -0.15) is 0 Å². The van der Waals surface area contributed by atoms with Crippen LogP contribution in [0.4, 0.5) is 68.2 Å². The molecule has 4 nitrogen and oxygen atoms in total. The standard InChI is InChI=1S/C122H90N4/c1-75-59-63-109(81(7)65-75)123(85-35-11-9-12-36-85)113-71-105-117(97-49-19-15-45-93(97)113)119-99-51-21-17-47-95(99)115(73-107(119)121(105)101-53-27-23-41-89(101)90-42-24-28-54-102(90)121)125(110-64-60-76(2)66-82(110)8)87-39-31-33-83(69-87)84-34-32-40-88(70-84)126(112-68-78(4)58-62-80(112)6)116-74-108-120(100-52-22-18-48-96(100)116)118-98-50-20-16-46-94(98)114(124(86-37-13-10-14-38-86)111-67-77(3)57-61-79(111)5)72-106(118)122(108)103-55-29-25-43-91(103)92-44-26-30-56-104(92)122/h9-74H,1-8H3. The monoisotopic (exact) mass is 1610 g/mol. The minimum atomic E-state index is -0.763. The lowest BCUT2D eigenvalue weighted by Gasteiger charge is -2.35. The Labute approximate surface area is 737 Å². The summed E-state index contributed by atoms with van der Waals surface area (Å²) in [6, 6.07) is 153. The Morgan fingerprint density at radius 1 is 0.159 bits per heavy atom. The minimum absolute atomic E-state index is 0.762. The molecule has 2 spiro atoms. The molecule has 598 valence electrons. The van der Waals surface area contributed by atoms with Crippen molar-refractivity contribution in [3.63, 3.8) is 0 Å². The van der Waals surface area contributed by atoms with Crippen molar-refractivity contribution in [1.82, 2.24) is 0 Å². The van der Waals surface area contributed by atoms with Crippen LogP contribution in [0, 0.1) is 55.4 Å². The molecule has 0 amide bonds. The van der Waals surface area contributed by atoms with E-state index in [2.05, 4.69) is 475 Å². The highest BCUT2D eigenvalue weighted by Crippen LogP contribution is 2.70. The van der Waals surface area contributed by atoms with Gasteiger partial charge in [0.15, 0.2) is 0 Å². The second kappa shape index (κ2) is 28.6. The lowest BCUT2D eigenvalue weighted by atomic mass is 9.70. The van der Waals surface area contributed by atoms with Crippen LogP contribution in [0.25, 0.3) is 98.7 Å². The normalized spacial score (nSPS) is 13.0. The number of rotatable bonds is 13. The molecule has 0 heterocycles. The van der Waals surface area contributed by atoms with Crippen LogP contribution in [0.3, 0.4) is 0 Å². The van der Waals surface area contributed by atoms with Gasteiger partial charge in [-0.1, -0.05) is 314 Å². The average Bonchev–Trinajstić information content (AvgIpc) is 1.50. The topological polar surface area (TPSA) is 13.0 Å². The highest BCUT2D eigenvalue weighted by molar-refractivity contribution is 6.22. The van der Waals surface area contributed by atoms with Crippen LogP contribution < -0.4 is 19.6 Å². The number of hydrogen-bond donors (Lipinski definition) is 0. The molecule has 4 aliphatic carbocycles. The predicted octanol–water partition coefficient (Wildman–Crippen LogP) is 33.0. The van der Waals surface area contributed by atoms with Gasteiger partial charge in [-0.15, -0.1) is 0 Å². The third-order valence-corrected chi connectivity index (χ3v) is 28.0. The largest absolute Gasteiger partial charge is 0.310 e. The van der Waals surface area contributed by atoms with Crippen molar-refractivity contribution in [3.05, 3.63) is 489 Å². The Morgan fingerprint density at radius 2 is 0.413 bits per heavy atom. The van der Waals surface area contributed by atoms with Gasteiger partial charge in [-0.25, -0.2) is 0 Å². The minimum Gasteiger partial charge on any atom is -0.310 e. The van der Waals surface area contributed by atoms with Crippen molar-refractivity contribution >= 4 is 111 Å². The predicted molar refractivity (Wildman–Crippen MR) is 531 cm³/mol. The molecule has 0 N–H and O–H groups in total. The SMILES string of the molecule is Cc1ccc(N(c2ccccc2)c2cc3c(c4ccccc24)-c2c(cc(N(c4cccc(-c5cccc(N(c6cc(C)ccc6C)c6cc7c(c8ccccc68)-c6c(cc(N(c8ccccc8)c8cc(C)ccc8C)c8ccccc68)C76c7ccccc7-c7ccccc76)c5)c4)c4ccc(C)cc4C)c4ccccc24)C32c3ccccc3-c3ccccc32)c(C)c1. The summed E-state index contributed by atoms with van der Waals surface area (Å²) in [7, 11) is 0. The van der Waals surface area contributed by atoms with E-state index >= 15 is 0 Å². The zero-order valence-electron chi connectivity index (χ0n) is 71.9. The maximum Gasteiger partial charge on any atom is 0.0727 e. The van der Waals surface area contributed by atoms with Gasteiger partial charge < -0.3 is 19.6 Å². The van der Waals surface area contributed by atoms with Crippen LogP contribution in [0.1, 0.15) is 89.0 Å². The number of para-hydroxylation sites is 2. The van der Waals surface area contributed by atoms with Crippen molar-refractivity contribution in [1.29, 1.82) is 0 Å². The summed E-state index contributed by atoms with van der Waals surface area (Å²) in [6.07, 6.45) is 0. The highest BCUT2D eigenvalue weighted by Gasteiger charge is 2.56. The van der Waals surface area contributed by atoms with Crippen LogP contribution in [-0.4, -0.2) is 0 Å². The molecule has 0 aliphatic heterocycles. The van der Waals surface area contributed by atoms with Gasteiger partial charge in [0.2, 0.25) is 0 Å². The van der Waals surface area contributed by atoms with Crippen LogP contribution >= 0.6 is 0 Å². The van der Waals surface area contributed by atoms with Gasteiger partial charge >= 0.3 is 0 Å². The number of hydrogen-bond acceptors (Lipinski definition) is 4. The van der Waals surface area contributed by atoms with E-state index in [9.17, 15) is 0 Å². The molecule has 4 heteroatoms. The number of fused-ring (bicyclic) bond motifs is 28. The number of nitrogens with zero attached hydrogens (tertiary/aromatic N) is 4. The Morgan fingerprint density at radius 3 is 0.738 bits per heavy atom. The third kappa shape index (κ3) is 10.8. The molecule has 4 aliphatic rings. The fourth-order valence-corrected chi connectivity index (χ4v) is 22.8. The molecular formula is C122H90N4. The molecule has 0 fully saturated rings. The average molecular weight is 1610 g/mol. The van der Waals surface area contributed by atoms with Crippen LogP contribution in [0.5, 0.6) is 0 Å². The van der Waals surface area contributed by atoms with E-state index in [0.717, 1.165) is 79.4 Å². The zero-order chi connectivity index (χ0) is 84.5. The van der Waals surface area contributed by atoms with Crippen molar-refractivity contribution in [2.24, 2.45) is 0 Å². The molecule has 0 radical (unpaired) electrons. The van der Waals surface area contributed by atoms with E-state index in [1.807, 2.05) is 0 Å². The van der Waals surface area contributed by atoms with Gasteiger partial charge in [0.05, 0.1) is 33.6 Å². The Bertz CT molecular complexity index is 7890. The molecule has 0 bridgehead atoms. The van der Waals surface area contributed by atoms with E-state index in [4.69, 9.17) is 0 Å². The molecule has 24 rings (SSSR count). The first-order valence-corrected chi connectivity index (χ1v) is 44.3. The first-order valence-electron chi connectivity index (χ1n) is 44.3. The molecule has 0 saturated heterocycles. The van der Waals surface area contributed by atoms with Gasteiger partial charge in [0.1, 0.15) is 0 Å². The molecule has 20 aromatic carbocycles. The molecule has 0 atom stereocenters. The molecule has 0 saturated carbocycles. The lowest BCUT2D eigenvalue weighted by molar-refractivity contribution is 0.795. The van der Waals surface area contributed by atoms with Crippen LogP contribution in [0.15, 0.2) is 400 Å². The number of anilines is 12. The van der Waals surface area contributed by atoms with E-state index < -0.39 is 10.8 Å². The quantitative estimate of drug-likeness (QED) is 0.114. The summed E-state index contributed by atoms with van der Waals surface area (Å²) in [5, 5.41) is 9.57. The number of benzene rings is 20. The molecule has 20 aromatic rings. The second-order valence-electron chi connectivity index (χ2n) is 35.4. The Hall–Kier alpha value is -15.4. The van der Waals surface area contributed by atoms with Crippen molar-refractivity contribution in [3.8, 4) is 55.6 Å². The fourth-order valence-electron chi connectivity index (χ4n) is 22.8. The third-order valence-electron chi connectivity index (χ3n) is 28.0. The summed E-state index contributed by atoms with van der Waals surface area (Å²) in [5.41, 5.74) is 44.1. The highest BCUT2D eigenvalue weighted by atomic mass is 15.2. The summed E-state index contributed by atoms with van der Waals surface area (Å²) < 4.78 is 0. The van der Waals surface area contributed by atoms with Crippen molar-refractivity contribution in [2.75, 3.05) is 19.6 Å². The van der Waals surface area contributed by atoms with Crippen molar-refractivity contribution in [2.45, 2.75) is 66.2 Å². The van der Waals surface area contributed by atoms with E-state index in [0.29, 0.717) is 0 Å². The zero-order valence-corrected chi connectivity index (χ0v) is 71.9. The van der Waals surface area contributed by atoms with Crippen molar-refractivity contribution < 1.29 is 0 Å². The van der Waals surface area contributed by atoms with E-state index in [1.54, 1.807) is 0 Å². The van der Waals surface area contributed by atoms with E-state index in [1.165, 1.54) is 177 Å². The van der Waals surface area contributed by atoms with Gasteiger partial charge in [0.25, 0.3) is 0 Å². The van der Waals surface area contributed by atoms with Crippen LogP contribution in [-0.2, 0) is 10.8 Å². The van der Waals surface area contributed by atoms with Gasteiger partial charge in [0, 0.05) is 67.0 Å². The molecule has 126 heavy (non-hydrogen) atoms. The lowest BCUT2D eigenvalue weighted by Crippen LogP contribution is -2.27. The fraction of sp³-hybridized carbons (Fsp3) is 0.0820. The van der Waals surface area contributed by atoms with Gasteiger partial charge in [-0.3, -0.25) is 0 Å². The van der Waals surface area contributed by atoms with Gasteiger partial charge in [-0.05, 0) is 308 Å². The second-order valence-corrected chi connectivity index (χ2v) is 35.4. The molecule has 0 unspecified atom stereocenters. The summed E-state index contributed by atoms with van der Waals surface area (Å²) in [4.78, 5) is 10.3. The first-order chi connectivity index (χ1) is 61.8. The Kier molecular flexibility index (Phi) is 16.9. The maximum absolute atomic E-state index is 2.63. The summed E-state index contributed by atoms with van der Waals surface area (Å²) in [5.74, 6) is 0. The maximum atomic E-state index is 2.63. The van der Waals surface area contributed by atoms with E-state index in [-0.39, 0.29) is 0 Å². The first kappa shape index (κ1) is 74.5. The van der Waals surface area contributed by atoms with Crippen LogP contribution in [0.2, 0.25) is 0 Å². The molecule has 0 aromatic heterocycles. The Balaban J connectivity index is 0.725. The summed E-state index contributed by atoms with van der Waals surface area (Å²) >= 11 is 0. The summed E-state index contributed by atoms with van der Waals surface area (Å²) in [6.45, 7) is 18.0.